The lowest BCUT2D eigenvalue weighted by molar-refractivity contribution is 0.351. The van der Waals surface area contributed by atoms with Crippen molar-refractivity contribution in [1.82, 2.24) is 5.32 Å². The maximum atomic E-state index is 5.39. The van der Waals surface area contributed by atoms with E-state index in [4.69, 9.17) is 9.47 Å². The van der Waals surface area contributed by atoms with E-state index in [0.717, 1.165) is 27.8 Å². The zero-order valence-electron chi connectivity index (χ0n) is 12.9. The van der Waals surface area contributed by atoms with Crippen molar-refractivity contribution in [1.29, 1.82) is 0 Å². The molecule has 2 rings (SSSR count). The monoisotopic (exact) mass is 373 g/mol. The molecule has 118 valence electrons. The van der Waals surface area contributed by atoms with Gasteiger partial charge >= 0.3 is 0 Å². The average molecular weight is 374 g/mol. The summed E-state index contributed by atoms with van der Waals surface area (Å²) in [5, 5.41) is 4.53. The number of rotatable bonds is 6. The van der Waals surface area contributed by atoms with Crippen molar-refractivity contribution in [2.45, 2.75) is 43.5 Å². The highest BCUT2D eigenvalue weighted by Gasteiger charge is 2.20. The minimum Gasteiger partial charge on any atom is -0.493 e. The Morgan fingerprint density at radius 1 is 1.19 bits per heavy atom. The van der Waals surface area contributed by atoms with Crippen LogP contribution in [0.2, 0.25) is 0 Å². The zero-order chi connectivity index (χ0) is 15.2. The van der Waals surface area contributed by atoms with Gasteiger partial charge in [-0.15, -0.1) is 0 Å². The number of ether oxygens (including phenoxy) is 2. The topological polar surface area (TPSA) is 30.5 Å². The molecule has 0 saturated heterocycles. The minimum atomic E-state index is 0.639. The standard InChI is InChI=1S/C16H24BrNO2S/c1-19-15-9-11(8-14(17)16(15)20-2)10-18-12-4-6-13(21-3)7-5-12/h8-9,12-13,18H,4-7,10H2,1-3H3. The fourth-order valence-corrected chi connectivity index (χ4v) is 4.23. The Labute approximate surface area is 140 Å². The third-order valence-electron chi connectivity index (χ3n) is 4.10. The van der Waals surface area contributed by atoms with Gasteiger partial charge < -0.3 is 14.8 Å². The second-order valence-corrected chi connectivity index (χ2v) is 7.40. The molecule has 1 N–H and O–H groups in total. The molecule has 0 bridgehead atoms. The summed E-state index contributed by atoms with van der Waals surface area (Å²) in [6.45, 7) is 0.869. The molecule has 5 heteroatoms. The lowest BCUT2D eigenvalue weighted by Crippen LogP contribution is -2.33. The SMILES string of the molecule is COc1cc(CNC2CCC(SC)CC2)cc(Br)c1OC. The third kappa shape index (κ3) is 4.54. The number of halogens is 1. The minimum absolute atomic E-state index is 0.639. The maximum Gasteiger partial charge on any atom is 0.174 e. The Morgan fingerprint density at radius 2 is 1.90 bits per heavy atom. The van der Waals surface area contributed by atoms with Crippen LogP contribution in [0.1, 0.15) is 31.2 Å². The van der Waals surface area contributed by atoms with E-state index in [-0.39, 0.29) is 0 Å². The summed E-state index contributed by atoms with van der Waals surface area (Å²) < 4.78 is 11.7. The highest BCUT2D eigenvalue weighted by Crippen LogP contribution is 2.36. The first-order valence-corrected chi connectivity index (χ1v) is 9.42. The summed E-state index contributed by atoms with van der Waals surface area (Å²) in [4.78, 5) is 0. The summed E-state index contributed by atoms with van der Waals surface area (Å²) in [7, 11) is 3.33. The van der Waals surface area contributed by atoms with E-state index in [1.165, 1.54) is 31.2 Å². The van der Waals surface area contributed by atoms with Crippen molar-refractivity contribution >= 4 is 27.7 Å². The van der Waals surface area contributed by atoms with Crippen LogP contribution in [0.3, 0.4) is 0 Å². The van der Waals surface area contributed by atoms with E-state index in [2.05, 4.69) is 33.6 Å². The van der Waals surface area contributed by atoms with Gasteiger partial charge in [0.2, 0.25) is 0 Å². The molecule has 1 aliphatic carbocycles. The molecule has 0 aromatic heterocycles. The molecule has 0 aliphatic heterocycles. The van der Waals surface area contributed by atoms with Crippen LogP contribution >= 0.6 is 27.7 Å². The van der Waals surface area contributed by atoms with Gasteiger partial charge in [-0.2, -0.15) is 11.8 Å². The Kier molecular flexibility index (Phi) is 6.71. The Balaban J connectivity index is 1.93. The largest absolute Gasteiger partial charge is 0.493 e. The molecule has 0 atom stereocenters. The van der Waals surface area contributed by atoms with E-state index >= 15 is 0 Å². The van der Waals surface area contributed by atoms with E-state index in [1.807, 2.05) is 17.8 Å². The molecule has 0 radical (unpaired) electrons. The molecular formula is C16H24BrNO2S. The van der Waals surface area contributed by atoms with Gasteiger partial charge in [-0.3, -0.25) is 0 Å². The lowest BCUT2D eigenvalue weighted by Gasteiger charge is -2.28. The summed E-state index contributed by atoms with van der Waals surface area (Å²) in [5.41, 5.74) is 1.21. The van der Waals surface area contributed by atoms with Crippen LogP contribution in [0.25, 0.3) is 0 Å². The molecule has 0 unspecified atom stereocenters. The van der Waals surface area contributed by atoms with Crippen LogP contribution < -0.4 is 14.8 Å². The normalized spacial score (nSPS) is 22.1. The van der Waals surface area contributed by atoms with Crippen LogP contribution in [-0.2, 0) is 6.54 Å². The molecule has 1 aromatic carbocycles. The first-order chi connectivity index (χ1) is 10.2. The average Bonchev–Trinajstić information content (AvgIpc) is 2.52. The van der Waals surface area contributed by atoms with Crippen LogP contribution in [-0.4, -0.2) is 31.8 Å². The lowest BCUT2D eigenvalue weighted by atomic mass is 9.95. The predicted molar refractivity (Wildman–Crippen MR) is 93.6 cm³/mol. The van der Waals surface area contributed by atoms with Gasteiger partial charge in [0, 0.05) is 17.8 Å². The van der Waals surface area contributed by atoms with E-state index in [1.54, 1.807) is 14.2 Å². The maximum absolute atomic E-state index is 5.39. The summed E-state index contributed by atoms with van der Waals surface area (Å²) >= 11 is 5.56. The van der Waals surface area contributed by atoms with Gasteiger partial charge in [0.15, 0.2) is 11.5 Å². The van der Waals surface area contributed by atoms with Gasteiger partial charge in [0.05, 0.1) is 18.7 Å². The fraction of sp³-hybridized carbons (Fsp3) is 0.625. The van der Waals surface area contributed by atoms with Crippen molar-refractivity contribution in [2.75, 3.05) is 20.5 Å². The van der Waals surface area contributed by atoms with Crippen molar-refractivity contribution in [2.24, 2.45) is 0 Å². The second kappa shape index (κ2) is 8.30. The number of methoxy groups -OCH3 is 2. The Hall–Kier alpha value is -0.390. The van der Waals surface area contributed by atoms with E-state index < -0.39 is 0 Å². The molecule has 1 saturated carbocycles. The van der Waals surface area contributed by atoms with Crippen molar-refractivity contribution in [3.63, 3.8) is 0 Å². The Bertz CT molecular complexity index is 462. The predicted octanol–water partition coefficient (Wildman–Crippen LogP) is 4.23. The van der Waals surface area contributed by atoms with Gasteiger partial charge in [0.25, 0.3) is 0 Å². The van der Waals surface area contributed by atoms with Gasteiger partial charge in [-0.25, -0.2) is 0 Å². The van der Waals surface area contributed by atoms with Crippen LogP contribution in [0, 0.1) is 0 Å². The number of hydrogen-bond donors (Lipinski definition) is 1. The molecule has 0 spiro atoms. The van der Waals surface area contributed by atoms with Crippen molar-refractivity contribution in [3.05, 3.63) is 22.2 Å². The van der Waals surface area contributed by atoms with E-state index in [9.17, 15) is 0 Å². The number of thioether (sulfide) groups is 1. The molecule has 21 heavy (non-hydrogen) atoms. The first-order valence-electron chi connectivity index (χ1n) is 7.34. The number of benzene rings is 1. The summed E-state index contributed by atoms with van der Waals surface area (Å²) in [6.07, 6.45) is 7.43. The highest BCUT2D eigenvalue weighted by atomic mass is 79.9. The van der Waals surface area contributed by atoms with Crippen LogP contribution in [0.4, 0.5) is 0 Å². The molecule has 0 amide bonds. The second-order valence-electron chi connectivity index (χ2n) is 5.40. The first kappa shape index (κ1) is 17.0. The summed E-state index contributed by atoms with van der Waals surface area (Å²) in [5.74, 6) is 1.52. The zero-order valence-corrected chi connectivity index (χ0v) is 15.4. The van der Waals surface area contributed by atoms with E-state index in [0.29, 0.717) is 6.04 Å². The molecule has 1 aromatic rings. The van der Waals surface area contributed by atoms with Gasteiger partial charge in [0.1, 0.15) is 0 Å². The number of hydrogen-bond acceptors (Lipinski definition) is 4. The molecule has 3 nitrogen and oxygen atoms in total. The van der Waals surface area contributed by atoms with Gasteiger partial charge in [-0.05, 0) is 65.6 Å². The van der Waals surface area contributed by atoms with Crippen LogP contribution in [0.5, 0.6) is 11.5 Å². The van der Waals surface area contributed by atoms with Crippen molar-refractivity contribution < 1.29 is 9.47 Å². The molecule has 0 heterocycles. The third-order valence-corrected chi connectivity index (χ3v) is 5.82. The number of nitrogens with one attached hydrogen (secondary N) is 1. The van der Waals surface area contributed by atoms with Crippen molar-refractivity contribution in [3.8, 4) is 11.5 Å². The Morgan fingerprint density at radius 3 is 2.48 bits per heavy atom. The van der Waals surface area contributed by atoms with Crippen LogP contribution in [0.15, 0.2) is 16.6 Å². The highest BCUT2D eigenvalue weighted by molar-refractivity contribution is 9.10. The summed E-state index contributed by atoms with van der Waals surface area (Å²) in [6, 6.07) is 4.78. The molecular weight excluding hydrogens is 350 g/mol. The molecule has 1 aliphatic rings. The fourth-order valence-electron chi connectivity index (χ4n) is 2.84. The quantitative estimate of drug-likeness (QED) is 0.807. The molecule has 1 fully saturated rings. The smallest absolute Gasteiger partial charge is 0.174 e. The van der Waals surface area contributed by atoms with Gasteiger partial charge in [-0.1, -0.05) is 0 Å².